The first kappa shape index (κ1) is 13.1. The predicted molar refractivity (Wildman–Crippen MR) is 74.0 cm³/mol. The number of hydrogen-bond acceptors (Lipinski definition) is 2. The van der Waals surface area contributed by atoms with Gasteiger partial charge in [-0.2, -0.15) is 5.26 Å². The van der Waals surface area contributed by atoms with Crippen LogP contribution >= 0.6 is 34.5 Å². The maximum atomic E-state index is 13.7. The Labute approximate surface area is 118 Å². The van der Waals surface area contributed by atoms with Crippen LogP contribution in [-0.2, 0) is 0 Å². The van der Waals surface area contributed by atoms with E-state index in [1.165, 1.54) is 29.5 Å². The molecule has 1 nitrogen and oxygen atoms in total. The van der Waals surface area contributed by atoms with Crippen LogP contribution in [0.15, 0.2) is 35.7 Å². The second kappa shape index (κ2) is 5.53. The van der Waals surface area contributed by atoms with Gasteiger partial charge in [0.1, 0.15) is 11.9 Å². The molecule has 0 spiro atoms. The molecule has 5 heteroatoms. The molecular weight excluding hydrogens is 292 g/mol. The lowest BCUT2D eigenvalue weighted by molar-refractivity contribution is 0.625. The van der Waals surface area contributed by atoms with Gasteiger partial charge in [-0.15, -0.1) is 11.3 Å². The second-order valence-electron chi connectivity index (χ2n) is 3.40. The first-order valence-electron chi connectivity index (χ1n) is 4.92. The molecule has 2 rings (SSSR count). The van der Waals surface area contributed by atoms with Gasteiger partial charge in [0.2, 0.25) is 0 Å². The fraction of sp³-hybridized carbons (Fsp3) is 0. The van der Waals surface area contributed by atoms with Crippen LogP contribution in [0, 0.1) is 17.1 Å². The van der Waals surface area contributed by atoms with Gasteiger partial charge in [-0.1, -0.05) is 29.3 Å². The zero-order valence-corrected chi connectivity index (χ0v) is 11.3. The van der Waals surface area contributed by atoms with E-state index in [4.69, 9.17) is 28.5 Å². The SMILES string of the molecule is N#C/C(=C(/Cl)c1ccc(Cl)cc1F)c1cccs1. The van der Waals surface area contributed by atoms with Gasteiger partial charge in [-0.25, -0.2) is 4.39 Å². The van der Waals surface area contributed by atoms with Crippen molar-refractivity contribution in [1.29, 1.82) is 5.26 Å². The number of halogens is 3. The predicted octanol–water partition coefficient (Wildman–Crippen LogP) is 5.17. The molecule has 0 radical (unpaired) electrons. The summed E-state index contributed by atoms with van der Waals surface area (Å²) in [5, 5.41) is 11.3. The molecule has 90 valence electrons. The molecule has 1 aromatic carbocycles. The quantitative estimate of drug-likeness (QED) is 0.701. The molecule has 18 heavy (non-hydrogen) atoms. The van der Waals surface area contributed by atoms with Crippen LogP contribution in [0.5, 0.6) is 0 Å². The van der Waals surface area contributed by atoms with Crippen molar-refractivity contribution in [2.75, 3.05) is 0 Å². The molecule has 0 amide bonds. The Balaban J connectivity index is 2.58. The number of nitrogens with zero attached hydrogens (tertiary/aromatic N) is 1. The van der Waals surface area contributed by atoms with E-state index in [1.54, 1.807) is 12.1 Å². The normalized spacial score (nSPS) is 11.9. The van der Waals surface area contributed by atoms with E-state index in [2.05, 4.69) is 0 Å². The summed E-state index contributed by atoms with van der Waals surface area (Å²) in [6, 6.07) is 9.74. The summed E-state index contributed by atoms with van der Waals surface area (Å²) < 4.78 is 13.7. The van der Waals surface area contributed by atoms with E-state index in [1.807, 2.05) is 11.4 Å². The second-order valence-corrected chi connectivity index (χ2v) is 5.16. The Morgan fingerprint density at radius 2 is 2.11 bits per heavy atom. The van der Waals surface area contributed by atoms with E-state index in [9.17, 15) is 4.39 Å². The van der Waals surface area contributed by atoms with E-state index < -0.39 is 5.82 Å². The lowest BCUT2D eigenvalue weighted by atomic mass is 10.1. The Bertz CT molecular complexity index is 642. The topological polar surface area (TPSA) is 23.8 Å². The van der Waals surface area contributed by atoms with E-state index in [-0.39, 0.29) is 21.2 Å². The Morgan fingerprint density at radius 3 is 2.67 bits per heavy atom. The number of nitriles is 1. The Kier molecular flexibility index (Phi) is 4.03. The minimum Gasteiger partial charge on any atom is -0.206 e. The molecule has 0 aliphatic carbocycles. The molecule has 0 unspecified atom stereocenters. The van der Waals surface area contributed by atoms with E-state index in [0.29, 0.717) is 4.88 Å². The average molecular weight is 298 g/mol. The van der Waals surface area contributed by atoms with Crippen molar-refractivity contribution in [3.05, 3.63) is 57.0 Å². The molecule has 0 aliphatic heterocycles. The Hall–Kier alpha value is -1.34. The van der Waals surface area contributed by atoms with Crippen molar-refractivity contribution in [3.63, 3.8) is 0 Å². The third kappa shape index (κ3) is 2.56. The number of allylic oxidation sites excluding steroid dienone is 1. The van der Waals surface area contributed by atoms with Gasteiger partial charge < -0.3 is 0 Å². The van der Waals surface area contributed by atoms with E-state index >= 15 is 0 Å². The molecule has 0 N–H and O–H groups in total. The summed E-state index contributed by atoms with van der Waals surface area (Å²) in [6.07, 6.45) is 0. The van der Waals surface area contributed by atoms with Crippen molar-refractivity contribution < 1.29 is 4.39 Å². The molecule has 0 saturated carbocycles. The van der Waals surface area contributed by atoms with Gasteiger partial charge in [0.15, 0.2) is 0 Å². The van der Waals surface area contributed by atoms with Crippen LogP contribution in [0.25, 0.3) is 10.6 Å². The highest BCUT2D eigenvalue weighted by Gasteiger charge is 2.14. The number of benzene rings is 1. The van der Waals surface area contributed by atoms with Gasteiger partial charge in [0.05, 0.1) is 10.6 Å². The van der Waals surface area contributed by atoms with Gasteiger partial charge in [0.25, 0.3) is 0 Å². The van der Waals surface area contributed by atoms with Gasteiger partial charge in [-0.05, 0) is 29.6 Å². The molecule has 1 aromatic heterocycles. The zero-order chi connectivity index (χ0) is 13.1. The summed E-state index contributed by atoms with van der Waals surface area (Å²) in [7, 11) is 0. The highest BCUT2D eigenvalue weighted by molar-refractivity contribution is 7.11. The van der Waals surface area contributed by atoms with Crippen LogP contribution in [0.4, 0.5) is 4.39 Å². The summed E-state index contributed by atoms with van der Waals surface area (Å²) in [6.45, 7) is 0. The van der Waals surface area contributed by atoms with Gasteiger partial charge in [-0.3, -0.25) is 0 Å². The van der Waals surface area contributed by atoms with Crippen LogP contribution in [0.3, 0.4) is 0 Å². The zero-order valence-electron chi connectivity index (χ0n) is 8.95. The first-order valence-corrected chi connectivity index (χ1v) is 6.56. The fourth-order valence-corrected chi connectivity index (χ4v) is 2.67. The maximum Gasteiger partial charge on any atom is 0.133 e. The van der Waals surface area contributed by atoms with E-state index in [0.717, 1.165) is 0 Å². The molecule has 2 aromatic rings. The third-order valence-electron chi connectivity index (χ3n) is 2.27. The molecule has 0 saturated heterocycles. The number of thiophene rings is 1. The summed E-state index contributed by atoms with van der Waals surface area (Å²) >= 11 is 13.1. The highest BCUT2D eigenvalue weighted by atomic mass is 35.5. The largest absolute Gasteiger partial charge is 0.206 e. The molecule has 0 atom stereocenters. The van der Waals surface area contributed by atoms with Crippen molar-refractivity contribution in [3.8, 4) is 6.07 Å². The van der Waals surface area contributed by atoms with Crippen LogP contribution in [0.2, 0.25) is 5.02 Å². The van der Waals surface area contributed by atoms with Gasteiger partial charge >= 0.3 is 0 Å². The lowest BCUT2D eigenvalue weighted by Crippen LogP contribution is -1.88. The minimum atomic E-state index is -0.545. The number of hydrogen-bond donors (Lipinski definition) is 0. The molecule has 1 heterocycles. The van der Waals surface area contributed by atoms with Crippen molar-refractivity contribution in [2.45, 2.75) is 0 Å². The van der Waals surface area contributed by atoms with Crippen LogP contribution < -0.4 is 0 Å². The third-order valence-corrected chi connectivity index (χ3v) is 3.78. The summed E-state index contributed by atoms with van der Waals surface area (Å²) in [4.78, 5) is 0.705. The summed E-state index contributed by atoms with van der Waals surface area (Å²) in [5.74, 6) is -0.545. The Morgan fingerprint density at radius 1 is 1.33 bits per heavy atom. The van der Waals surface area contributed by atoms with Crippen molar-refractivity contribution >= 4 is 45.1 Å². The van der Waals surface area contributed by atoms with Crippen LogP contribution in [-0.4, -0.2) is 0 Å². The van der Waals surface area contributed by atoms with Crippen molar-refractivity contribution in [1.82, 2.24) is 0 Å². The molecule has 0 bridgehead atoms. The molecule has 0 fully saturated rings. The van der Waals surface area contributed by atoms with Gasteiger partial charge in [0, 0.05) is 15.5 Å². The maximum absolute atomic E-state index is 13.7. The smallest absolute Gasteiger partial charge is 0.133 e. The lowest BCUT2D eigenvalue weighted by Gasteiger charge is -2.04. The highest BCUT2D eigenvalue weighted by Crippen LogP contribution is 2.33. The minimum absolute atomic E-state index is 0.0918. The van der Waals surface area contributed by atoms with Crippen LogP contribution in [0.1, 0.15) is 10.4 Å². The average Bonchev–Trinajstić information content (AvgIpc) is 2.83. The fourth-order valence-electron chi connectivity index (χ4n) is 1.44. The molecular formula is C13H6Cl2FNS. The standard InChI is InChI=1S/C13H6Cl2FNS/c14-8-3-4-9(11(16)6-8)13(15)10(7-17)12-2-1-5-18-12/h1-6H/b13-10-. The number of rotatable bonds is 2. The van der Waals surface area contributed by atoms with Crippen molar-refractivity contribution in [2.24, 2.45) is 0 Å². The monoisotopic (exact) mass is 297 g/mol. The first-order chi connectivity index (χ1) is 8.63. The molecule has 0 aliphatic rings. The summed E-state index contributed by atoms with van der Waals surface area (Å²) in [5.41, 5.74) is 0.430.